The van der Waals surface area contributed by atoms with Crippen LogP contribution in [-0.4, -0.2) is 77.4 Å². The average molecular weight is 499 g/mol. The summed E-state index contributed by atoms with van der Waals surface area (Å²) in [4.78, 5) is 16.0. The van der Waals surface area contributed by atoms with Gasteiger partial charge in [-0.05, 0) is 56.7 Å². The van der Waals surface area contributed by atoms with E-state index in [9.17, 15) is 4.79 Å². The monoisotopic (exact) mass is 498 g/mol. The van der Waals surface area contributed by atoms with Crippen LogP contribution in [0.4, 0.5) is 0 Å². The lowest BCUT2D eigenvalue weighted by molar-refractivity contribution is -0.140. The summed E-state index contributed by atoms with van der Waals surface area (Å²) in [6.07, 6.45) is 7.99. The van der Waals surface area contributed by atoms with E-state index in [2.05, 4.69) is 25.7 Å². The van der Waals surface area contributed by atoms with E-state index in [0.29, 0.717) is 18.5 Å². The molecular weight excluding hydrogens is 463 g/mol. The van der Waals surface area contributed by atoms with Crippen molar-refractivity contribution >= 4 is 36.4 Å². The molecular formula is C23H36Cl2N6O2. The molecule has 0 aromatic carbocycles. The highest BCUT2D eigenvalue weighted by molar-refractivity contribution is 5.85. The quantitative estimate of drug-likeness (QED) is 0.593. The number of nitrogens with one attached hydrogen (secondary N) is 2. The van der Waals surface area contributed by atoms with Crippen LogP contribution in [0.1, 0.15) is 37.9 Å². The Morgan fingerprint density at radius 3 is 2.91 bits per heavy atom. The maximum atomic E-state index is 13.4. The third-order valence-electron chi connectivity index (χ3n) is 7.63. The van der Waals surface area contributed by atoms with Gasteiger partial charge in [0.15, 0.2) is 5.65 Å². The van der Waals surface area contributed by atoms with Gasteiger partial charge in [-0.25, -0.2) is 0 Å². The van der Waals surface area contributed by atoms with Crippen LogP contribution >= 0.6 is 24.8 Å². The summed E-state index contributed by atoms with van der Waals surface area (Å²) in [6, 6.07) is 6.52. The number of piperidine rings is 1. The molecule has 2 N–H and O–H groups in total. The van der Waals surface area contributed by atoms with Gasteiger partial charge in [-0.3, -0.25) is 14.1 Å². The van der Waals surface area contributed by atoms with E-state index in [1.807, 2.05) is 28.8 Å². The predicted octanol–water partition coefficient (Wildman–Crippen LogP) is 2.10. The highest BCUT2D eigenvalue weighted by Crippen LogP contribution is 2.46. The van der Waals surface area contributed by atoms with Crippen LogP contribution in [0.2, 0.25) is 0 Å². The Kier molecular flexibility index (Phi) is 9.35. The van der Waals surface area contributed by atoms with Crippen molar-refractivity contribution in [2.75, 3.05) is 45.9 Å². The molecule has 2 aliphatic heterocycles. The van der Waals surface area contributed by atoms with Crippen molar-refractivity contribution in [2.45, 2.75) is 44.6 Å². The lowest BCUT2D eigenvalue weighted by Gasteiger charge is -2.50. The minimum atomic E-state index is -0.247. The van der Waals surface area contributed by atoms with Crippen LogP contribution in [0, 0.1) is 11.3 Å². The molecule has 2 aromatic heterocycles. The van der Waals surface area contributed by atoms with Gasteiger partial charge >= 0.3 is 0 Å². The van der Waals surface area contributed by atoms with Crippen molar-refractivity contribution in [1.82, 2.24) is 30.1 Å². The fraction of sp³-hybridized carbons (Fsp3) is 0.696. The number of hydrogen-bond acceptors (Lipinski definition) is 6. The Hall–Kier alpha value is -1.45. The second kappa shape index (κ2) is 11.8. The Morgan fingerprint density at radius 1 is 1.21 bits per heavy atom. The lowest BCUT2D eigenvalue weighted by Crippen LogP contribution is -2.60. The van der Waals surface area contributed by atoms with Crippen molar-refractivity contribution in [3.8, 4) is 0 Å². The number of aromatic nitrogens is 3. The van der Waals surface area contributed by atoms with E-state index in [1.165, 1.54) is 0 Å². The number of hydrogen-bond donors (Lipinski definition) is 2. The smallest absolute Gasteiger partial charge is 0.227 e. The normalized spacial score (nSPS) is 27.8. The fourth-order valence-corrected chi connectivity index (χ4v) is 5.85. The van der Waals surface area contributed by atoms with Crippen molar-refractivity contribution in [3.05, 3.63) is 30.2 Å². The number of rotatable bonds is 6. The molecule has 184 valence electrons. The Labute approximate surface area is 208 Å². The molecule has 3 fully saturated rings. The standard InChI is InChI=1S/C23H34N6O2.2ClH/c30-22(25-9-3-5-21-27-26-20-4-1-2-11-29(20)21)23-8-6-19(28-12-14-31-15-13-28)16-18(23)7-10-24-17-23;;/h1-2,4,11,18-19,24H,3,5-10,12-17H2,(H,25,30);2*1H/t18-,19+,23-;;/m1../s1. The molecule has 1 saturated carbocycles. The van der Waals surface area contributed by atoms with Gasteiger partial charge in [-0.1, -0.05) is 6.07 Å². The van der Waals surface area contributed by atoms with Crippen LogP contribution in [0.3, 0.4) is 0 Å². The summed E-state index contributed by atoms with van der Waals surface area (Å²) in [5.41, 5.74) is 0.622. The molecule has 0 unspecified atom stereocenters. The molecule has 2 aromatic rings. The number of fused-ring (bicyclic) bond motifs is 2. The van der Waals surface area contributed by atoms with Crippen molar-refractivity contribution in [1.29, 1.82) is 0 Å². The summed E-state index contributed by atoms with van der Waals surface area (Å²) in [6.45, 7) is 6.27. The molecule has 0 spiro atoms. The molecule has 10 heteroatoms. The first-order valence-corrected chi connectivity index (χ1v) is 11.9. The van der Waals surface area contributed by atoms with Gasteiger partial charge < -0.3 is 15.4 Å². The first kappa shape index (κ1) is 26.2. The maximum Gasteiger partial charge on any atom is 0.227 e. The molecule has 5 rings (SSSR count). The van der Waals surface area contributed by atoms with Crippen LogP contribution in [-0.2, 0) is 16.0 Å². The fourth-order valence-electron chi connectivity index (χ4n) is 5.85. The van der Waals surface area contributed by atoms with Gasteiger partial charge in [0.2, 0.25) is 5.91 Å². The number of morpholine rings is 1. The van der Waals surface area contributed by atoms with E-state index in [1.54, 1.807) is 0 Å². The van der Waals surface area contributed by atoms with E-state index in [0.717, 1.165) is 89.4 Å². The van der Waals surface area contributed by atoms with Crippen molar-refractivity contribution in [3.63, 3.8) is 0 Å². The highest BCUT2D eigenvalue weighted by atomic mass is 35.5. The van der Waals surface area contributed by atoms with Gasteiger partial charge in [-0.15, -0.1) is 35.0 Å². The Bertz CT molecular complexity index is 906. The summed E-state index contributed by atoms with van der Waals surface area (Å²) in [5, 5.41) is 15.3. The van der Waals surface area contributed by atoms with Gasteiger partial charge in [-0.2, -0.15) is 0 Å². The van der Waals surface area contributed by atoms with Gasteiger partial charge in [0, 0.05) is 44.8 Å². The number of ether oxygens (including phenoxy) is 1. The SMILES string of the molecule is Cl.Cl.O=C(NCCCc1nnc2ccccn12)[C@@]12CC[C@H](N3CCOCC3)C[C@H]1CCNC2. The third kappa shape index (κ3) is 5.46. The highest BCUT2D eigenvalue weighted by Gasteiger charge is 2.50. The molecule has 8 nitrogen and oxygen atoms in total. The van der Waals surface area contributed by atoms with Crippen molar-refractivity contribution < 1.29 is 9.53 Å². The molecule has 3 atom stereocenters. The predicted molar refractivity (Wildman–Crippen MR) is 132 cm³/mol. The van der Waals surface area contributed by atoms with E-state index >= 15 is 0 Å². The summed E-state index contributed by atoms with van der Waals surface area (Å²) < 4.78 is 7.56. The summed E-state index contributed by atoms with van der Waals surface area (Å²) in [5.74, 6) is 1.67. The molecule has 3 aliphatic rings. The zero-order valence-corrected chi connectivity index (χ0v) is 20.7. The van der Waals surface area contributed by atoms with Crippen LogP contribution in [0.15, 0.2) is 24.4 Å². The largest absolute Gasteiger partial charge is 0.379 e. The maximum absolute atomic E-state index is 13.4. The number of aryl methyl sites for hydroxylation is 1. The topological polar surface area (TPSA) is 83.8 Å². The first-order chi connectivity index (χ1) is 15.3. The molecule has 0 bridgehead atoms. The Balaban J connectivity index is 0.00000153. The number of amides is 1. The number of carbonyl (C=O) groups excluding carboxylic acids is 1. The third-order valence-corrected chi connectivity index (χ3v) is 7.63. The van der Waals surface area contributed by atoms with Gasteiger partial charge in [0.1, 0.15) is 5.82 Å². The van der Waals surface area contributed by atoms with Crippen LogP contribution < -0.4 is 10.6 Å². The molecule has 1 amide bonds. The van der Waals surface area contributed by atoms with E-state index in [-0.39, 0.29) is 36.1 Å². The second-order valence-corrected chi connectivity index (χ2v) is 9.30. The molecule has 4 heterocycles. The number of halogens is 2. The molecule has 33 heavy (non-hydrogen) atoms. The average Bonchev–Trinajstić information content (AvgIpc) is 3.25. The zero-order valence-electron chi connectivity index (χ0n) is 19.1. The summed E-state index contributed by atoms with van der Waals surface area (Å²) in [7, 11) is 0. The van der Waals surface area contributed by atoms with Crippen LogP contribution in [0.5, 0.6) is 0 Å². The Morgan fingerprint density at radius 2 is 2.06 bits per heavy atom. The van der Waals surface area contributed by atoms with Gasteiger partial charge in [0.25, 0.3) is 0 Å². The molecule has 1 aliphatic carbocycles. The molecule has 2 saturated heterocycles. The minimum Gasteiger partial charge on any atom is -0.379 e. The van der Waals surface area contributed by atoms with Gasteiger partial charge in [0.05, 0.1) is 18.6 Å². The second-order valence-electron chi connectivity index (χ2n) is 9.30. The first-order valence-electron chi connectivity index (χ1n) is 11.9. The number of carbonyl (C=O) groups is 1. The number of nitrogens with zero attached hydrogens (tertiary/aromatic N) is 4. The summed E-state index contributed by atoms with van der Waals surface area (Å²) >= 11 is 0. The van der Waals surface area contributed by atoms with Crippen molar-refractivity contribution in [2.24, 2.45) is 11.3 Å². The molecule has 0 radical (unpaired) electrons. The minimum absolute atomic E-state index is 0. The zero-order chi connectivity index (χ0) is 21.1. The van der Waals surface area contributed by atoms with E-state index in [4.69, 9.17) is 4.74 Å². The van der Waals surface area contributed by atoms with E-state index < -0.39 is 0 Å². The lowest BCUT2D eigenvalue weighted by atomic mass is 9.61. The number of pyridine rings is 1. The van der Waals surface area contributed by atoms with Crippen LogP contribution in [0.25, 0.3) is 5.65 Å².